The SMILES string of the molecule is C=C1CC/C1=C\CON. The molecule has 0 amide bonds. The van der Waals surface area contributed by atoms with Crippen LogP contribution in [0.25, 0.3) is 0 Å². The summed E-state index contributed by atoms with van der Waals surface area (Å²) in [6, 6.07) is 0. The maximum atomic E-state index is 4.83. The summed E-state index contributed by atoms with van der Waals surface area (Å²) in [4.78, 5) is 4.38. The third kappa shape index (κ3) is 1.40. The molecule has 9 heavy (non-hydrogen) atoms. The first-order valence-corrected chi connectivity index (χ1v) is 3.03. The molecule has 1 saturated carbocycles. The molecule has 50 valence electrons. The van der Waals surface area contributed by atoms with Gasteiger partial charge in [-0.25, -0.2) is 5.90 Å². The van der Waals surface area contributed by atoms with E-state index < -0.39 is 0 Å². The summed E-state index contributed by atoms with van der Waals surface area (Å²) in [5.74, 6) is 4.83. The minimum Gasteiger partial charge on any atom is -0.300 e. The van der Waals surface area contributed by atoms with Crippen molar-refractivity contribution < 1.29 is 4.84 Å². The molecule has 0 radical (unpaired) electrons. The quantitative estimate of drug-likeness (QED) is 0.562. The molecule has 0 atom stereocenters. The average Bonchev–Trinajstić information content (AvgIpc) is 1.86. The van der Waals surface area contributed by atoms with Crippen LogP contribution >= 0.6 is 0 Å². The highest BCUT2D eigenvalue weighted by molar-refractivity contribution is 5.36. The van der Waals surface area contributed by atoms with Crippen LogP contribution in [0, 0.1) is 0 Å². The fraction of sp³-hybridized carbons (Fsp3) is 0.429. The number of hydrogen-bond donors (Lipinski definition) is 1. The molecule has 2 nitrogen and oxygen atoms in total. The molecular weight excluding hydrogens is 114 g/mol. The highest BCUT2D eigenvalue weighted by Crippen LogP contribution is 2.30. The molecule has 0 aromatic rings. The van der Waals surface area contributed by atoms with Crippen LogP contribution in [-0.4, -0.2) is 6.61 Å². The van der Waals surface area contributed by atoms with Crippen molar-refractivity contribution >= 4 is 0 Å². The first kappa shape index (κ1) is 6.52. The Balaban J connectivity index is 2.33. The summed E-state index contributed by atoms with van der Waals surface area (Å²) in [6.07, 6.45) is 4.25. The highest BCUT2D eigenvalue weighted by atomic mass is 16.6. The Hall–Kier alpha value is -0.600. The van der Waals surface area contributed by atoms with Crippen molar-refractivity contribution in [2.45, 2.75) is 12.8 Å². The molecule has 0 aromatic heterocycles. The summed E-state index contributed by atoms with van der Waals surface area (Å²) in [7, 11) is 0. The van der Waals surface area contributed by atoms with Crippen LogP contribution in [0.4, 0.5) is 0 Å². The van der Waals surface area contributed by atoms with Gasteiger partial charge in [0.2, 0.25) is 0 Å². The lowest BCUT2D eigenvalue weighted by molar-refractivity contribution is 0.167. The van der Waals surface area contributed by atoms with Gasteiger partial charge < -0.3 is 4.84 Å². The van der Waals surface area contributed by atoms with Gasteiger partial charge in [-0.3, -0.25) is 0 Å². The lowest BCUT2D eigenvalue weighted by Crippen LogP contribution is -2.05. The number of nitrogens with two attached hydrogens (primary N) is 1. The molecule has 0 heterocycles. The van der Waals surface area contributed by atoms with E-state index in [1.54, 1.807) is 0 Å². The van der Waals surface area contributed by atoms with Gasteiger partial charge >= 0.3 is 0 Å². The molecule has 1 rings (SSSR count). The maximum Gasteiger partial charge on any atom is 0.0866 e. The maximum absolute atomic E-state index is 4.83. The normalized spacial score (nSPS) is 22.3. The minimum atomic E-state index is 0.508. The molecule has 1 aliphatic carbocycles. The van der Waals surface area contributed by atoms with Gasteiger partial charge in [-0.15, -0.1) is 0 Å². The van der Waals surface area contributed by atoms with E-state index in [9.17, 15) is 0 Å². The van der Waals surface area contributed by atoms with Crippen molar-refractivity contribution in [1.82, 2.24) is 0 Å². The van der Waals surface area contributed by atoms with Crippen LogP contribution in [0.2, 0.25) is 0 Å². The minimum absolute atomic E-state index is 0.508. The van der Waals surface area contributed by atoms with E-state index in [1.165, 1.54) is 11.1 Å². The Morgan fingerprint density at radius 2 is 2.44 bits per heavy atom. The monoisotopic (exact) mass is 125 g/mol. The van der Waals surface area contributed by atoms with Crippen LogP contribution < -0.4 is 5.90 Å². The molecule has 2 heteroatoms. The van der Waals surface area contributed by atoms with Crippen LogP contribution in [0.1, 0.15) is 12.8 Å². The standard InChI is InChI=1S/C7H11NO/c1-6-2-3-7(6)4-5-9-8/h4H,1-3,5,8H2/b7-4+. The van der Waals surface area contributed by atoms with E-state index in [1.807, 2.05) is 6.08 Å². The third-order valence-electron chi connectivity index (χ3n) is 1.58. The molecule has 0 bridgehead atoms. The van der Waals surface area contributed by atoms with Crippen LogP contribution in [-0.2, 0) is 4.84 Å². The number of rotatable bonds is 2. The van der Waals surface area contributed by atoms with Crippen molar-refractivity contribution in [3.63, 3.8) is 0 Å². The van der Waals surface area contributed by atoms with E-state index in [0.717, 1.165) is 12.8 Å². The summed E-state index contributed by atoms with van der Waals surface area (Å²) < 4.78 is 0. The summed E-state index contributed by atoms with van der Waals surface area (Å²) in [5.41, 5.74) is 2.53. The van der Waals surface area contributed by atoms with Crippen LogP contribution in [0.5, 0.6) is 0 Å². The lowest BCUT2D eigenvalue weighted by atomic mass is 9.87. The second-order valence-electron chi connectivity index (χ2n) is 2.17. The Morgan fingerprint density at radius 1 is 1.67 bits per heavy atom. The predicted molar refractivity (Wildman–Crippen MR) is 36.6 cm³/mol. The molecule has 0 unspecified atom stereocenters. The fourth-order valence-electron chi connectivity index (χ4n) is 0.841. The van der Waals surface area contributed by atoms with E-state index in [4.69, 9.17) is 5.90 Å². The molecule has 1 fully saturated rings. The predicted octanol–water partition coefficient (Wildman–Crippen LogP) is 1.15. The molecule has 2 N–H and O–H groups in total. The van der Waals surface area contributed by atoms with Gasteiger partial charge in [-0.1, -0.05) is 18.2 Å². The second kappa shape index (κ2) is 2.80. The van der Waals surface area contributed by atoms with Gasteiger partial charge in [0.1, 0.15) is 0 Å². The zero-order valence-corrected chi connectivity index (χ0v) is 5.39. The van der Waals surface area contributed by atoms with Crippen molar-refractivity contribution in [3.8, 4) is 0 Å². The van der Waals surface area contributed by atoms with Gasteiger partial charge in [0.15, 0.2) is 0 Å². The van der Waals surface area contributed by atoms with E-state index in [-0.39, 0.29) is 0 Å². The highest BCUT2D eigenvalue weighted by Gasteiger charge is 2.11. The van der Waals surface area contributed by atoms with Gasteiger partial charge in [0.25, 0.3) is 0 Å². The number of allylic oxidation sites excluding steroid dienone is 2. The van der Waals surface area contributed by atoms with E-state index in [2.05, 4.69) is 11.4 Å². The largest absolute Gasteiger partial charge is 0.300 e. The lowest BCUT2D eigenvalue weighted by Gasteiger charge is -2.19. The first-order chi connectivity index (χ1) is 4.34. The van der Waals surface area contributed by atoms with Gasteiger partial charge in [0, 0.05) is 0 Å². The fourth-order valence-corrected chi connectivity index (χ4v) is 0.841. The molecule has 1 aliphatic rings. The third-order valence-corrected chi connectivity index (χ3v) is 1.58. The van der Waals surface area contributed by atoms with E-state index >= 15 is 0 Å². The zero-order valence-electron chi connectivity index (χ0n) is 5.39. The Kier molecular flexibility index (Phi) is 2.03. The number of hydrogen-bond acceptors (Lipinski definition) is 2. The van der Waals surface area contributed by atoms with Crippen molar-refractivity contribution in [3.05, 3.63) is 23.8 Å². The van der Waals surface area contributed by atoms with Crippen molar-refractivity contribution in [2.24, 2.45) is 5.90 Å². The van der Waals surface area contributed by atoms with Gasteiger partial charge in [-0.2, -0.15) is 0 Å². The smallest absolute Gasteiger partial charge is 0.0866 e. The second-order valence-corrected chi connectivity index (χ2v) is 2.17. The Bertz CT molecular complexity index is 149. The molecule has 0 aliphatic heterocycles. The van der Waals surface area contributed by atoms with Crippen LogP contribution in [0.3, 0.4) is 0 Å². The average molecular weight is 125 g/mol. The van der Waals surface area contributed by atoms with E-state index in [0.29, 0.717) is 6.61 Å². The Morgan fingerprint density at radius 3 is 2.78 bits per heavy atom. The van der Waals surface area contributed by atoms with Gasteiger partial charge in [0.05, 0.1) is 6.61 Å². The zero-order chi connectivity index (χ0) is 6.69. The molecular formula is C7H11NO. The van der Waals surface area contributed by atoms with Gasteiger partial charge in [-0.05, 0) is 18.4 Å². The van der Waals surface area contributed by atoms with Crippen molar-refractivity contribution in [2.75, 3.05) is 6.61 Å². The van der Waals surface area contributed by atoms with Crippen molar-refractivity contribution in [1.29, 1.82) is 0 Å². The first-order valence-electron chi connectivity index (χ1n) is 3.03. The molecule has 0 spiro atoms. The van der Waals surface area contributed by atoms with Crippen LogP contribution in [0.15, 0.2) is 23.8 Å². The topological polar surface area (TPSA) is 35.2 Å². The summed E-state index contributed by atoms with van der Waals surface area (Å²) in [5, 5.41) is 0. The summed E-state index contributed by atoms with van der Waals surface area (Å²) in [6.45, 7) is 4.34. The summed E-state index contributed by atoms with van der Waals surface area (Å²) >= 11 is 0. The molecule has 0 aromatic carbocycles. The molecule has 0 saturated heterocycles. The Labute approximate surface area is 55.0 Å².